The predicted octanol–water partition coefficient (Wildman–Crippen LogP) is 3.41. The van der Waals surface area contributed by atoms with Crippen LogP contribution in [0.15, 0.2) is 34.7 Å². The number of fused-ring (bicyclic) bond motifs is 2. The third-order valence-electron chi connectivity index (χ3n) is 6.58. The second kappa shape index (κ2) is 6.52. The third-order valence-corrected chi connectivity index (χ3v) is 6.58. The Kier molecular flexibility index (Phi) is 4.46. The van der Waals surface area contributed by atoms with Gasteiger partial charge in [0.2, 0.25) is 0 Å². The summed E-state index contributed by atoms with van der Waals surface area (Å²) < 4.78 is 5.86. The van der Waals surface area contributed by atoms with Gasteiger partial charge in [-0.3, -0.25) is 4.90 Å². The van der Waals surface area contributed by atoms with Crippen LogP contribution in [0.5, 0.6) is 0 Å². The first kappa shape index (κ1) is 17.8. The topological polar surface area (TPSA) is 39.9 Å². The molecule has 4 nitrogen and oxygen atoms in total. The fraction of sp³-hybridized carbons (Fsp3) is 0.545. The van der Waals surface area contributed by atoms with Crippen molar-refractivity contribution in [1.82, 2.24) is 9.80 Å². The first-order valence-electron chi connectivity index (χ1n) is 9.64. The Hall–Kier alpha value is -1.62. The fourth-order valence-electron chi connectivity index (χ4n) is 5.02. The molecule has 0 radical (unpaired) electrons. The van der Waals surface area contributed by atoms with Crippen LogP contribution in [0.1, 0.15) is 47.1 Å². The number of likely N-dealkylation sites (tertiary alicyclic amines) is 1. The van der Waals surface area contributed by atoms with E-state index < -0.39 is 0 Å². The molecule has 1 N–H and O–H groups in total. The molecule has 0 bridgehead atoms. The van der Waals surface area contributed by atoms with Crippen molar-refractivity contribution in [2.45, 2.75) is 50.8 Å². The Bertz CT molecular complexity index is 768. The van der Waals surface area contributed by atoms with Crippen LogP contribution in [0.2, 0.25) is 0 Å². The molecular weight excluding hydrogens is 324 g/mol. The highest BCUT2D eigenvalue weighted by Crippen LogP contribution is 2.52. The highest BCUT2D eigenvalue weighted by Gasteiger charge is 2.53. The van der Waals surface area contributed by atoms with Crippen molar-refractivity contribution in [1.29, 1.82) is 0 Å². The van der Waals surface area contributed by atoms with Crippen molar-refractivity contribution in [2.75, 3.05) is 27.2 Å². The molecule has 2 heterocycles. The lowest BCUT2D eigenvalue weighted by Crippen LogP contribution is -2.48. The van der Waals surface area contributed by atoms with E-state index in [2.05, 4.69) is 61.2 Å². The van der Waals surface area contributed by atoms with Gasteiger partial charge in [0, 0.05) is 5.41 Å². The minimum Gasteiger partial charge on any atom is -0.465 e. The molecular formula is C22H30N2O2. The summed E-state index contributed by atoms with van der Waals surface area (Å²) in [7, 11) is 4.14. The smallest absolute Gasteiger partial charge is 0.118 e. The van der Waals surface area contributed by atoms with Gasteiger partial charge in [-0.25, -0.2) is 0 Å². The van der Waals surface area contributed by atoms with E-state index in [1.54, 1.807) is 0 Å². The lowest BCUT2D eigenvalue weighted by Gasteiger charge is -2.43. The Labute approximate surface area is 156 Å². The van der Waals surface area contributed by atoms with Gasteiger partial charge in [0.25, 0.3) is 0 Å². The maximum atomic E-state index is 11.3. The standard InChI is InChI=1S/C22H30N2O2/c1-15-13-17(26-16(15)2)14-24-11-9-22(10-12-24)19-8-6-5-7-18(19)20(21(22)25)23(3)4/h5-8,13,20-21,25H,9-12,14H2,1-4H3/t20-,21+/m1/s1. The van der Waals surface area contributed by atoms with Crippen LogP contribution in [0, 0.1) is 13.8 Å². The van der Waals surface area contributed by atoms with Crippen molar-refractivity contribution in [3.63, 3.8) is 0 Å². The molecule has 0 amide bonds. The molecule has 2 atom stereocenters. The van der Waals surface area contributed by atoms with Gasteiger partial charge in [-0.1, -0.05) is 24.3 Å². The fourth-order valence-corrected chi connectivity index (χ4v) is 5.02. The number of aryl methyl sites for hydroxylation is 2. The number of hydrogen-bond donors (Lipinski definition) is 1. The first-order chi connectivity index (χ1) is 12.4. The number of aliphatic hydroxyl groups excluding tert-OH is 1. The summed E-state index contributed by atoms with van der Waals surface area (Å²) in [4.78, 5) is 4.63. The highest BCUT2D eigenvalue weighted by molar-refractivity contribution is 5.45. The number of nitrogens with zero attached hydrogens (tertiary/aromatic N) is 2. The summed E-state index contributed by atoms with van der Waals surface area (Å²) in [5, 5.41) is 11.3. The zero-order valence-corrected chi connectivity index (χ0v) is 16.3. The predicted molar refractivity (Wildman–Crippen MR) is 103 cm³/mol. The minimum absolute atomic E-state index is 0.0909. The molecule has 1 aromatic carbocycles. The van der Waals surface area contributed by atoms with Crippen LogP contribution in [-0.2, 0) is 12.0 Å². The molecule has 1 aliphatic carbocycles. The van der Waals surface area contributed by atoms with E-state index in [1.165, 1.54) is 16.7 Å². The molecule has 1 aromatic heterocycles. The largest absolute Gasteiger partial charge is 0.465 e. The number of rotatable bonds is 3. The normalized spacial score (nSPS) is 25.2. The Morgan fingerprint density at radius 2 is 1.88 bits per heavy atom. The monoisotopic (exact) mass is 354 g/mol. The number of hydrogen-bond acceptors (Lipinski definition) is 4. The number of aliphatic hydroxyl groups is 1. The van der Waals surface area contributed by atoms with Crippen LogP contribution in [0.3, 0.4) is 0 Å². The van der Waals surface area contributed by atoms with Crippen LogP contribution in [0.4, 0.5) is 0 Å². The van der Waals surface area contributed by atoms with Gasteiger partial charge in [-0.15, -0.1) is 0 Å². The van der Waals surface area contributed by atoms with E-state index in [9.17, 15) is 5.11 Å². The lowest BCUT2D eigenvalue weighted by molar-refractivity contribution is -0.00474. The highest BCUT2D eigenvalue weighted by atomic mass is 16.3. The van der Waals surface area contributed by atoms with Crippen LogP contribution in [-0.4, -0.2) is 48.2 Å². The summed E-state index contributed by atoms with van der Waals surface area (Å²) in [6.07, 6.45) is 1.65. The van der Waals surface area contributed by atoms with Crippen molar-refractivity contribution < 1.29 is 9.52 Å². The zero-order valence-electron chi connectivity index (χ0n) is 16.3. The number of furan rings is 1. The molecule has 26 heavy (non-hydrogen) atoms. The molecule has 1 aliphatic heterocycles. The summed E-state index contributed by atoms with van der Waals surface area (Å²) in [5.74, 6) is 2.07. The van der Waals surface area contributed by atoms with Crippen molar-refractivity contribution in [3.05, 3.63) is 58.5 Å². The lowest BCUT2D eigenvalue weighted by atomic mass is 9.72. The van der Waals surface area contributed by atoms with E-state index in [0.29, 0.717) is 0 Å². The second-order valence-electron chi connectivity index (χ2n) is 8.32. The Morgan fingerprint density at radius 3 is 2.50 bits per heavy atom. The first-order valence-corrected chi connectivity index (χ1v) is 9.64. The number of piperidine rings is 1. The van der Waals surface area contributed by atoms with Gasteiger partial charge >= 0.3 is 0 Å². The average Bonchev–Trinajstić information content (AvgIpc) is 3.05. The summed E-state index contributed by atoms with van der Waals surface area (Å²) in [6.45, 7) is 6.96. The van der Waals surface area contributed by atoms with Gasteiger partial charge < -0.3 is 14.4 Å². The quantitative estimate of drug-likeness (QED) is 0.917. The molecule has 0 unspecified atom stereocenters. The average molecular weight is 354 g/mol. The van der Waals surface area contributed by atoms with Crippen LogP contribution in [0.25, 0.3) is 0 Å². The summed E-state index contributed by atoms with van der Waals surface area (Å²) in [6, 6.07) is 10.9. The molecule has 0 saturated carbocycles. The molecule has 4 heteroatoms. The summed E-state index contributed by atoms with van der Waals surface area (Å²) in [5.41, 5.74) is 3.77. The molecule has 1 spiro atoms. The molecule has 2 aromatic rings. The number of likely N-dealkylation sites (N-methyl/N-ethyl adjacent to an activating group) is 1. The zero-order chi connectivity index (χ0) is 18.5. The third kappa shape index (κ3) is 2.72. The van der Waals surface area contributed by atoms with Crippen molar-refractivity contribution >= 4 is 0 Å². The van der Waals surface area contributed by atoms with Gasteiger partial charge in [0.15, 0.2) is 0 Å². The molecule has 140 valence electrons. The van der Waals surface area contributed by atoms with E-state index in [4.69, 9.17) is 4.42 Å². The van der Waals surface area contributed by atoms with Crippen LogP contribution >= 0.6 is 0 Å². The van der Waals surface area contributed by atoms with Crippen molar-refractivity contribution in [2.24, 2.45) is 0 Å². The maximum absolute atomic E-state index is 11.3. The van der Waals surface area contributed by atoms with Crippen LogP contribution < -0.4 is 0 Å². The van der Waals surface area contributed by atoms with Gasteiger partial charge in [0.1, 0.15) is 11.5 Å². The van der Waals surface area contributed by atoms with E-state index in [1.807, 2.05) is 6.92 Å². The minimum atomic E-state index is -0.342. The SMILES string of the molecule is Cc1cc(CN2CCC3(CC2)c2ccccc2[C@@H](N(C)C)[C@@H]3O)oc1C. The van der Waals surface area contributed by atoms with Gasteiger partial charge in [0.05, 0.1) is 18.7 Å². The molecule has 1 fully saturated rings. The molecule has 2 aliphatic rings. The van der Waals surface area contributed by atoms with E-state index in [0.717, 1.165) is 44.0 Å². The Morgan fingerprint density at radius 1 is 1.19 bits per heavy atom. The van der Waals surface area contributed by atoms with E-state index in [-0.39, 0.29) is 17.6 Å². The van der Waals surface area contributed by atoms with Gasteiger partial charge in [-0.05, 0) is 76.6 Å². The van der Waals surface area contributed by atoms with Gasteiger partial charge in [-0.2, -0.15) is 0 Å². The molecule has 4 rings (SSSR count). The van der Waals surface area contributed by atoms with Crippen molar-refractivity contribution in [3.8, 4) is 0 Å². The maximum Gasteiger partial charge on any atom is 0.118 e. The summed E-state index contributed by atoms with van der Waals surface area (Å²) >= 11 is 0. The Balaban J connectivity index is 1.54. The second-order valence-corrected chi connectivity index (χ2v) is 8.32. The number of benzene rings is 1. The molecule has 1 saturated heterocycles. The van der Waals surface area contributed by atoms with E-state index >= 15 is 0 Å².